The average molecular weight is 190 g/mol. The summed E-state index contributed by atoms with van der Waals surface area (Å²) in [6.45, 7) is 4.35. The molecule has 0 radical (unpaired) electrons. The van der Waals surface area contributed by atoms with Crippen LogP contribution in [0.25, 0.3) is 0 Å². The van der Waals surface area contributed by atoms with Gasteiger partial charge in [0.25, 0.3) is 0 Å². The van der Waals surface area contributed by atoms with Gasteiger partial charge in [-0.2, -0.15) is 0 Å². The first kappa shape index (κ1) is 14.7. The van der Waals surface area contributed by atoms with Crippen LogP contribution in [0.2, 0.25) is 0 Å². The van der Waals surface area contributed by atoms with Crippen molar-refractivity contribution in [3.63, 3.8) is 0 Å². The van der Waals surface area contributed by atoms with Crippen LogP contribution in [-0.2, 0) is 9.47 Å². The molecule has 0 aromatic carbocycles. The van der Waals surface area contributed by atoms with E-state index in [4.69, 9.17) is 14.6 Å². The van der Waals surface area contributed by atoms with Gasteiger partial charge in [0.1, 0.15) is 0 Å². The van der Waals surface area contributed by atoms with Crippen molar-refractivity contribution in [3.05, 3.63) is 0 Å². The third-order valence-electron chi connectivity index (χ3n) is 1.27. The third kappa shape index (κ3) is 9.05. The van der Waals surface area contributed by atoms with E-state index in [2.05, 4.69) is 0 Å². The van der Waals surface area contributed by atoms with Gasteiger partial charge in [0.15, 0.2) is 0 Å². The molecule has 0 amide bonds. The fourth-order valence-corrected chi connectivity index (χ4v) is 0.421. The Kier molecular flexibility index (Phi) is 12.3. The normalized spacial score (nSPS) is 15.3. The number of aliphatic hydroxyl groups is 1. The van der Waals surface area contributed by atoms with Crippen LogP contribution in [0, 0.1) is 0 Å². The summed E-state index contributed by atoms with van der Waals surface area (Å²) < 4.78 is 10.1. The summed E-state index contributed by atoms with van der Waals surface area (Å²) in [6.07, 6.45) is 0.0200. The summed E-state index contributed by atoms with van der Waals surface area (Å²) in [7, 11) is 1.64. The van der Waals surface area contributed by atoms with Crippen LogP contribution in [0.3, 0.4) is 0 Å². The maximum absolute atomic E-state index is 8.55. The molecule has 4 heteroatoms. The summed E-state index contributed by atoms with van der Waals surface area (Å²) in [5.74, 6) is 0. The van der Waals surface area contributed by atoms with Crippen molar-refractivity contribution in [2.45, 2.75) is 26.1 Å². The van der Waals surface area contributed by atoms with Crippen molar-refractivity contribution < 1.29 is 14.6 Å². The molecule has 0 rings (SSSR count). The number of rotatable bonds is 5. The zero-order valence-corrected chi connectivity index (χ0v) is 6.83. The Morgan fingerprint density at radius 1 is 1.27 bits per heavy atom. The Morgan fingerprint density at radius 3 is 2.18 bits per heavy atom. The Morgan fingerprint density at radius 2 is 1.82 bits per heavy atom. The summed E-state index contributed by atoms with van der Waals surface area (Å²) in [6, 6.07) is 0. The standard InChI is InChI=1S/C7H16O3.Ca.2H/c1-6(4-8)10-5-7(2)9-3;;;/h6-8H,4-5H2,1-3H3;;;. The Hall–Kier alpha value is 1.14. The Balaban J connectivity index is 0. The fourth-order valence-electron chi connectivity index (χ4n) is 0.421. The molecule has 0 aromatic heterocycles. The second-order valence-corrected chi connectivity index (χ2v) is 2.37. The van der Waals surface area contributed by atoms with Gasteiger partial charge in [-0.1, -0.05) is 0 Å². The van der Waals surface area contributed by atoms with E-state index in [1.807, 2.05) is 13.8 Å². The zero-order valence-electron chi connectivity index (χ0n) is 6.83. The molecule has 0 fully saturated rings. The first-order chi connectivity index (χ1) is 4.70. The van der Waals surface area contributed by atoms with E-state index in [0.717, 1.165) is 0 Å². The van der Waals surface area contributed by atoms with E-state index < -0.39 is 0 Å². The van der Waals surface area contributed by atoms with Gasteiger partial charge >= 0.3 is 37.7 Å². The molecule has 0 heterocycles. The molecule has 3 nitrogen and oxygen atoms in total. The molecule has 0 aromatic rings. The van der Waals surface area contributed by atoms with E-state index in [9.17, 15) is 0 Å². The molecule has 2 atom stereocenters. The molecule has 0 spiro atoms. The molecule has 0 saturated heterocycles. The first-order valence-electron chi connectivity index (χ1n) is 3.46. The molecule has 0 aliphatic rings. The van der Waals surface area contributed by atoms with Crippen LogP contribution in [0.5, 0.6) is 0 Å². The van der Waals surface area contributed by atoms with Crippen LogP contribution in [-0.4, -0.2) is 75.4 Å². The molecular formula is C7H18CaO3. The quantitative estimate of drug-likeness (QED) is 0.594. The van der Waals surface area contributed by atoms with Crippen molar-refractivity contribution in [2.75, 3.05) is 20.3 Å². The van der Waals surface area contributed by atoms with Crippen LogP contribution in [0.4, 0.5) is 0 Å². The van der Waals surface area contributed by atoms with Crippen molar-refractivity contribution in [2.24, 2.45) is 0 Å². The topological polar surface area (TPSA) is 38.7 Å². The van der Waals surface area contributed by atoms with Gasteiger partial charge in [0.05, 0.1) is 25.4 Å². The van der Waals surface area contributed by atoms with Gasteiger partial charge < -0.3 is 14.6 Å². The van der Waals surface area contributed by atoms with Crippen molar-refractivity contribution in [1.29, 1.82) is 0 Å². The van der Waals surface area contributed by atoms with Gasteiger partial charge in [-0.05, 0) is 13.8 Å². The van der Waals surface area contributed by atoms with Gasteiger partial charge in [-0.3, -0.25) is 0 Å². The molecule has 0 bridgehead atoms. The Bertz CT molecular complexity index is 70.1. The second kappa shape index (κ2) is 9.23. The van der Waals surface area contributed by atoms with E-state index >= 15 is 0 Å². The minimum atomic E-state index is -0.0856. The number of methoxy groups -OCH3 is 1. The van der Waals surface area contributed by atoms with Gasteiger partial charge in [-0.15, -0.1) is 0 Å². The van der Waals surface area contributed by atoms with E-state index in [0.29, 0.717) is 6.61 Å². The molecule has 66 valence electrons. The van der Waals surface area contributed by atoms with Crippen LogP contribution in [0.1, 0.15) is 13.8 Å². The number of ether oxygens (including phenoxy) is 2. The van der Waals surface area contributed by atoms with Crippen LogP contribution >= 0.6 is 0 Å². The molecule has 0 aliphatic carbocycles. The summed E-state index contributed by atoms with van der Waals surface area (Å²) in [5, 5.41) is 8.55. The monoisotopic (exact) mass is 190 g/mol. The van der Waals surface area contributed by atoms with Crippen molar-refractivity contribution >= 4 is 37.7 Å². The summed E-state index contributed by atoms with van der Waals surface area (Å²) >= 11 is 0. The SMILES string of the molecule is COC(C)COC(C)CO.[CaH2]. The molecular weight excluding hydrogens is 172 g/mol. The predicted octanol–water partition coefficient (Wildman–Crippen LogP) is -0.498. The minimum absolute atomic E-state index is 0. The van der Waals surface area contributed by atoms with Crippen LogP contribution < -0.4 is 0 Å². The second-order valence-electron chi connectivity index (χ2n) is 2.37. The molecule has 0 aliphatic heterocycles. The molecule has 1 N–H and O–H groups in total. The van der Waals surface area contributed by atoms with Crippen molar-refractivity contribution in [1.82, 2.24) is 0 Å². The van der Waals surface area contributed by atoms with E-state index in [1.54, 1.807) is 7.11 Å². The number of hydrogen-bond donors (Lipinski definition) is 1. The zero-order chi connectivity index (χ0) is 7.98. The van der Waals surface area contributed by atoms with Gasteiger partial charge in [-0.25, -0.2) is 0 Å². The molecule has 11 heavy (non-hydrogen) atoms. The summed E-state index contributed by atoms with van der Waals surface area (Å²) in [5.41, 5.74) is 0. The first-order valence-corrected chi connectivity index (χ1v) is 3.46. The fraction of sp³-hybridized carbons (Fsp3) is 1.00. The third-order valence-corrected chi connectivity index (χ3v) is 1.27. The maximum atomic E-state index is 8.55. The predicted molar refractivity (Wildman–Crippen MR) is 47.5 cm³/mol. The molecule has 0 saturated carbocycles. The van der Waals surface area contributed by atoms with Gasteiger partial charge in [0.2, 0.25) is 0 Å². The van der Waals surface area contributed by atoms with E-state index in [1.165, 1.54) is 0 Å². The Labute approximate surface area is 98.1 Å². The van der Waals surface area contributed by atoms with Gasteiger partial charge in [0, 0.05) is 7.11 Å². The van der Waals surface area contributed by atoms with E-state index in [-0.39, 0.29) is 56.6 Å². The van der Waals surface area contributed by atoms with Crippen LogP contribution in [0.15, 0.2) is 0 Å². The molecule has 2 unspecified atom stereocenters. The number of hydrogen-bond acceptors (Lipinski definition) is 3. The average Bonchev–Trinajstić information content (AvgIpc) is 1.99. The van der Waals surface area contributed by atoms with Crippen molar-refractivity contribution in [3.8, 4) is 0 Å². The summed E-state index contributed by atoms with van der Waals surface area (Å²) in [4.78, 5) is 0. The number of aliphatic hydroxyl groups excluding tert-OH is 1.